The molecule has 0 radical (unpaired) electrons. The van der Waals surface area contributed by atoms with Gasteiger partial charge in [0, 0.05) is 12.0 Å². The Hall–Kier alpha value is -2.29. The lowest BCUT2D eigenvalue weighted by Crippen LogP contribution is -1.98. The summed E-state index contributed by atoms with van der Waals surface area (Å²) in [6.45, 7) is 1.86. The largest absolute Gasteiger partial charge is 0.496 e. The van der Waals surface area contributed by atoms with Crippen LogP contribution in [-0.4, -0.2) is 20.0 Å². The van der Waals surface area contributed by atoms with Gasteiger partial charge in [-0.05, 0) is 23.8 Å². The third-order valence-electron chi connectivity index (χ3n) is 3.22. The number of carbonyl (C=O) groups excluding carboxylic acids is 1. The number of hydrogen-bond donors (Lipinski definition) is 0. The summed E-state index contributed by atoms with van der Waals surface area (Å²) >= 11 is 0. The maximum absolute atomic E-state index is 11.8. The maximum atomic E-state index is 11.8. The second-order valence-electron chi connectivity index (χ2n) is 4.40. The molecule has 0 atom stereocenters. The minimum Gasteiger partial charge on any atom is -0.496 e. The average Bonchev–Trinajstić information content (AvgIpc) is 2.53. The van der Waals surface area contributed by atoms with E-state index in [4.69, 9.17) is 9.47 Å². The molecule has 3 nitrogen and oxygen atoms in total. The van der Waals surface area contributed by atoms with Crippen molar-refractivity contribution in [3.8, 4) is 22.6 Å². The van der Waals surface area contributed by atoms with E-state index in [-0.39, 0.29) is 5.78 Å². The molecule has 0 bridgehead atoms. The highest BCUT2D eigenvalue weighted by molar-refractivity contribution is 5.97. The molecular formula is C17H18O3. The number of ketones is 1. The average molecular weight is 270 g/mol. The zero-order chi connectivity index (χ0) is 14.5. The summed E-state index contributed by atoms with van der Waals surface area (Å²) in [6, 6.07) is 13.2. The first-order chi connectivity index (χ1) is 9.71. The molecule has 0 unspecified atom stereocenters. The molecule has 0 aromatic heterocycles. The molecule has 20 heavy (non-hydrogen) atoms. The topological polar surface area (TPSA) is 35.5 Å². The van der Waals surface area contributed by atoms with Crippen molar-refractivity contribution in [2.45, 2.75) is 13.3 Å². The van der Waals surface area contributed by atoms with Gasteiger partial charge in [-0.25, -0.2) is 0 Å². The fourth-order valence-electron chi connectivity index (χ4n) is 2.19. The molecule has 2 rings (SSSR count). The van der Waals surface area contributed by atoms with Gasteiger partial charge in [0.1, 0.15) is 11.5 Å². The summed E-state index contributed by atoms with van der Waals surface area (Å²) in [6.07, 6.45) is 0.493. The molecule has 0 aliphatic rings. The molecule has 2 aromatic rings. The van der Waals surface area contributed by atoms with Crippen LogP contribution in [-0.2, 0) is 0 Å². The SMILES string of the molecule is CCC(=O)c1cccc(-c2c(OC)cccc2OC)c1. The van der Waals surface area contributed by atoms with Gasteiger partial charge >= 0.3 is 0 Å². The zero-order valence-electron chi connectivity index (χ0n) is 12.0. The van der Waals surface area contributed by atoms with Crippen molar-refractivity contribution in [1.29, 1.82) is 0 Å². The summed E-state index contributed by atoms with van der Waals surface area (Å²) < 4.78 is 10.8. The Kier molecular flexibility index (Phi) is 4.41. The Bertz CT molecular complexity index is 595. The Morgan fingerprint density at radius 1 is 1.00 bits per heavy atom. The minimum atomic E-state index is 0.126. The van der Waals surface area contributed by atoms with Crippen LogP contribution in [0.5, 0.6) is 11.5 Å². The fourth-order valence-corrected chi connectivity index (χ4v) is 2.19. The first-order valence-electron chi connectivity index (χ1n) is 6.55. The third kappa shape index (κ3) is 2.67. The Balaban J connectivity index is 2.59. The van der Waals surface area contributed by atoms with Gasteiger partial charge in [-0.2, -0.15) is 0 Å². The molecule has 0 heterocycles. The second kappa shape index (κ2) is 6.24. The Morgan fingerprint density at radius 3 is 2.15 bits per heavy atom. The van der Waals surface area contributed by atoms with E-state index < -0.39 is 0 Å². The lowest BCUT2D eigenvalue weighted by Gasteiger charge is -2.13. The van der Waals surface area contributed by atoms with E-state index in [1.54, 1.807) is 14.2 Å². The van der Waals surface area contributed by atoms with Crippen molar-refractivity contribution < 1.29 is 14.3 Å². The van der Waals surface area contributed by atoms with E-state index in [0.29, 0.717) is 12.0 Å². The summed E-state index contributed by atoms with van der Waals surface area (Å²) in [4.78, 5) is 11.8. The number of methoxy groups -OCH3 is 2. The smallest absolute Gasteiger partial charge is 0.162 e. The van der Waals surface area contributed by atoms with Gasteiger partial charge in [0.2, 0.25) is 0 Å². The standard InChI is InChI=1S/C17H18O3/c1-4-14(18)12-7-5-8-13(11-12)17-15(19-2)9-6-10-16(17)20-3/h5-11H,4H2,1-3H3. The van der Waals surface area contributed by atoms with Crippen LogP contribution >= 0.6 is 0 Å². The maximum Gasteiger partial charge on any atom is 0.162 e. The van der Waals surface area contributed by atoms with Crippen molar-refractivity contribution in [3.63, 3.8) is 0 Å². The normalized spacial score (nSPS) is 10.2. The number of benzene rings is 2. The van der Waals surface area contributed by atoms with Crippen LogP contribution in [0.3, 0.4) is 0 Å². The first kappa shape index (κ1) is 14.1. The van der Waals surface area contributed by atoms with Crippen LogP contribution in [0.15, 0.2) is 42.5 Å². The van der Waals surface area contributed by atoms with Gasteiger partial charge in [0.15, 0.2) is 5.78 Å². The molecule has 0 amide bonds. The van der Waals surface area contributed by atoms with Crippen molar-refractivity contribution >= 4 is 5.78 Å². The zero-order valence-corrected chi connectivity index (χ0v) is 12.0. The fraction of sp³-hybridized carbons (Fsp3) is 0.235. The molecule has 0 aliphatic carbocycles. The van der Waals surface area contributed by atoms with Crippen molar-refractivity contribution in [1.82, 2.24) is 0 Å². The van der Waals surface area contributed by atoms with Gasteiger partial charge in [-0.3, -0.25) is 4.79 Å². The number of ether oxygens (including phenoxy) is 2. The van der Waals surface area contributed by atoms with Crippen LogP contribution in [0.25, 0.3) is 11.1 Å². The van der Waals surface area contributed by atoms with E-state index in [2.05, 4.69) is 0 Å². The van der Waals surface area contributed by atoms with Crippen molar-refractivity contribution in [3.05, 3.63) is 48.0 Å². The lowest BCUT2D eigenvalue weighted by molar-refractivity contribution is 0.0988. The number of Topliss-reactive ketones (excluding diaryl/α,β-unsaturated/α-hetero) is 1. The molecule has 0 spiro atoms. The number of hydrogen-bond acceptors (Lipinski definition) is 3. The monoisotopic (exact) mass is 270 g/mol. The first-order valence-corrected chi connectivity index (χ1v) is 6.55. The highest BCUT2D eigenvalue weighted by Crippen LogP contribution is 2.38. The van der Waals surface area contributed by atoms with Crippen LogP contribution < -0.4 is 9.47 Å². The Morgan fingerprint density at radius 2 is 1.60 bits per heavy atom. The van der Waals surface area contributed by atoms with Crippen LogP contribution in [0.1, 0.15) is 23.7 Å². The lowest BCUT2D eigenvalue weighted by atomic mass is 9.99. The minimum absolute atomic E-state index is 0.126. The van der Waals surface area contributed by atoms with Gasteiger partial charge < -0.3 is 9.47 Å². The van der Waals surface area contributed by atoms with E-state index in [0.717, 1.165) is 22.6 Å². The molecule has 0 fully saturated rings. The van der Waals surface area contributed by atoms with Gasteiger partial charge in [0.25, 0.3) is 0 Å². The molecule has 104 valence electrons. The summed E-state index contributed by atoms with van der Waals surface area (Å²) in [5.74, 6) is 1.58. The van der Waals surface area contributed by atoms with Crippen LogP contribution in [0.4, 0.5) is 0 Å². The molecular weight excluding hydrogens is 252 g/mol. The van der Waals surface area contributed by atoms with E-state index in [1.807, 2.05) is 49.4 Å². The molecule has 0 aliphatic heterocycles. The quantitative estimate of drug-likeness (QED) is 0.771. The number of carbonyl (C=O) groups is 1. The predicted octanol–water partition coefficient (Wildman–Crippen LogP) is 3.96. The summed E-state index contributed by atoms with van der Waals surface area (Å²) in [5.41, 5.74) is 2.49. The van der Waals surface area contributed by atoms with E-state index in [1.165, 1.54) is 0 Å². The van der Waals surface area contributed by atoms with Gasteiger partial charge in [0.05, 0.1) is 19.8 Å². The third-order valence-corrected chi connectivity index (χ3v) is 3.22. The summed E-state index contributed by atoms with van der Waals surface area (Å²) in [7, 11) is 3.25. The van der Waals surface area contributed by atoms with Crippen molar-refractivity contribution in [2.75, 3.05) is 14.2 Å². The second-order valence-corrected chi connectivity index (χ2v) is 4.40. The molecule has 3 heteroatoms. The molecule has 0 saturated heterocycles. The highest BCUT2D eigenvalue weighted by atomic mass is 16.5. The Labute approximate surface area is 119 Å². The predicted molar refractivity (Wildman–Crippen MR) is 79.6 cm³/mol. The van der Waals surface area contributed by atoms with Crippen LogP contribution in [0, 0.1) is 0 Å². The van der Waals surface area contributed by atoms with Crippen molar-refractivity contribution in [2.24, 2.45) is 0 Å². The van der Waals surface area contributed by atoms with E-state index >= 15 is 0 Å². The van der Waals surface area contributed by atoms with Gasteiger partial charge in [-0.15, -0.1) is 0 Å². The molecule has 2 aromatic carbocycles. The van der Waals surface area contributed by atoms with E-state index in [9.17, 15) is 4.79 Å². The highest BCUT2D eigenvalue weighted by Gasteiger charge is 2.13. The molecule has 0 N–H and O–H groups in total. The number of rotatable bonds is 5. The molecule has 0 saturated carbocycles. The van der Waals surface area contributed by atoms with Crippen LogP contribution in [0.2, 0.25) is 0 Å². The summed E-state index contributed by atoms with van der Waals surface area (Å²) in [5, 5.41) is 0. The van der Waals surface area contributed by atoms with Gasteiger partial charge in [-0.1, -0.05) is 31.2 Å².